The maximum absolute atomic E-state index is 13.8. The second-order valence-electron chi connectivity index (χ2n) is 11.4. The maximum Gasteiger partial charge on any atom is 0.224 e. The van der Waals surface area contributed by atoms with E-state index in [0.717, 1.165) is 25.7 Å². The summed E-state index contributed by atoms with van der Waals surface area (Å²) >= 11 is 0. The quantitative estimate of drug-likeness (QED) is 0.227. The molecule has 0 heterocycles. The van der Waals surface area contributed by atoms with Gasteiger partial charge in [0.2, 0.25) is 11.8 Å². The van der Waals surface area contributed by atoms with Crippen LogP contribution in [-0.2, 0) is 9.59 Å². The van der Waals surface area contributed by atoms with E-state index >= 15 is 0 Å². The van der Waals surface area contributed by atoms with Gasteiger partial charge in [0.15, 0.2) is 0 Å². The number of benzene rings is 2. The monoisotopic (exact) mass is 516 g/mol. The molecule has 5 rings (SSSR count). The third-order valence-electron chi connectivity index (χ3n) is 8.70. The van der Waals surface area contributed by atoms with Gasteiger partial charge in [-0.15, -0.1) is 0 Å². The number of unbranched alkanes of at least 4 members (excludes halogenated alkanes) is 10. The first-order valence-electron chi connectivity index (χ1n) is 15.4. The van der Waals surface area contributed by atoms with Gasteiger partial charge in [0.25, 0.3) is 0 Å². The van der Waals surface area contributed by atoms with Crippen LogP contribution in [0, 0.1) is 11.8 Å². The van der Waals surface area contributed by atoms with Crippen molar-refractivity contribution in [2.24, 2.45) is 11.8 Å². The predicted molar refractivity (Wildman–Crippen MR) is 156 cm³/mol. The number of carbonyl (C=O) groups is 2. The Kier molecular flexibility index (Phi) is 10.8. The van der Waals surface area contributed by atoms with E-state index in [9.17, 15) is 9.59 Å². The van der Waals surface area contributed by atoms with E-state index < -0.39 is 0 Å². The molecular formula is C34H48N2O2. The second-order valence-corrected chi connectivity index (χ2v) is 11.4. The highest BCUT2D eigenvalue weighted by Crippen LogP contribution is 2.58. The number of rotatable bonds is 16. The second kappa shape index (κ2) is 14.5. The summed E-state index contributed by atoms with van der Waals surface area (Å²) in [6.07, 6.45) is 14.3. The molecule has 3 aliphatic rings. The lowest BCUT2D eigenvalue weighted by Crippen LogP contribution is -2.53. The molecule has 2 bridgehead atoms. The molecule has 3 aliphatic carbocycles. The van der Waals surface area contributed by atoms with Crippen LogP contribution in [0.25, 0.3) is 0 Å². The number of amides is 2. The molecule has 38 heavy (non-hydrogen) atoms. The molecule has 2 aromatic rings. The summed E-state index contributed by atoms with van der Waals surface area (Å²) in [7, 11) is 0. The smallest absolute Gasteiger partial charge is 0.224 e. The van der Waals surface area contributed by atoms with E-state index in [-0.39, 0.29) is 35.5 Å². The van der Waals surface area contributed by atoms with Crippen molar-refractivity contribution in [3.05, 3.63) is 70.8 Å². The molecule has 0 fully saturated rings. The summed E-state index contributed by atoms with van der Waals surface area (Å²) in [6.45, 7) is 5.84. The molecule has 0 saturated carbocycles. The van der Waals surface area contributed by atoms with Crippen LogP contribution in [0.3, 0.4) is 0 Å². The molecule has 2 unspecified atom stereocenters. The van der Waals surface area contributed by atoms with Gasteiger partial charge in [-0.25, -0.2) is 0 Å². The fourth-order valence-electron chi connectivity index (χ4n) is 6.78. The minimum absolute atomic E-state index is 0.0391. The first kappa shape index (κ1) is 28.4. The lowest BCUT2D eigenvalue weighted by molar-refractivity contribution is -0.137. The minimum atomic E-state index is -0.380. The molecule has 0 spiro atoms. The van der Waals surface area contributed by atoms with Crippen molar-refractivity contribution < 1.29 is 9.59 Å². The van der Waals surface area contributed by atoms with E-state index in [1.54, 1.807) is 0 Å². The first-order valence-corrected chi connectivity index (χ1v) is 15.4. The number of fused-ring (bicyclic) bond motifs is 1. The van der Waals surface area contributed by atoms with Crippen molar-refractivity contribution in [3.8, 4) is 0 Å². The van der Waals surface area contributed by atoms with Crippen molar-refractivity contribution in [2.45, 2.75) is 103 Å². The van der Waals surface area contributed by atoms with Gasteiger partial charge in [0.1, 0.15) is 0 Å². The van der Waals surface area contributed by atoms with Gasteiger partial charge >= 0.3 is 0 Å². The molecule has 0 aromatic heterocycles. The average Bonchev–Trinajstić information content (AvgIpc) is 2.95. The van der Waals surface area contributed by atoms with Crippen LogP contribution in [0.5, 0.6) is 0 Å². The molecule has 4 heteroatoms. The molecule has 0 radical (unpaired) electrons. The Morgan fingerprint density at radius 2 is 0.842 bits per heavy atom. The highest BCUT2D eigenvalue weighted by Gasteiger charge is 2.54. The number of nitrogens with one attached hydrogen (secondary N) is 2. The minimum Gasteiger partial charge on any atom is -0.356 e. The van der Waals surface area contributed by atoms with Crippen molar-refractivity contribution in [3.63, 3.8) is 0 Å². The van der Waals surface area contributed by atoms with Gasteiger partial charge in [-0.2, -0.15) is 0 Å². The van der Waals surface area contributed by atoms with Crippen LogP contribution in [0.4, 0.5) is 0 Å². The topological polar surface area (TPSA) is 58.2 Å². The van der Waals surface area contributed by atoms with E-state index in [1.165, 1.54) is 73.6 Å². The summed E-state index contributed by atoms with van der Waals surface area (Å²) < 4.78 is 0. The molecular weight excluding hydrogens is 468 g/mol. The largest absolute Gasteiger partial charge is 0.356 e. The summed E-state index contributed by atoms with van der Waals surface area (Å²) in [5, 5.41) is 6.50. The van der Waals surface area contributed by atoms with Gasteiger partial charge in [-0.3, -0.25) is 9.59 Å². The van der Waals surface area contributed by atoms with Crippen molar-refractivity contribution in [1.82, 2.24) is 10.6 Å². The molecule has 2 amide bonds. The van der Waals surface area contributed by atoms with E-state index in [4.69, 9.17) is 0 Å². The molecule has 2 aromatic carbocycles. The fourth-order valence-corrected chi connectivity index (χ4v) is 6.78. The summed E-state index contributed by atoms with van der Waals surface area (Å²) in [5.41, 5.74) is 4.87. The Morgan fingerprint density at radius 3 is 1.18 bits per heavy atom. The zero-order valence-corrected chi connectivity index (χ0v) is 23.6. The number of carbonyl (C=O) groups excluding carboxylic acids is 2. The highest BCUT2D eigenvalue weighted by atomic mass is 16.2. The molecule has 2 N–H and O–H groups in total. The van der Waals surface area contributed by atoms with E-state index in [2.05, 4.69) is 73.0 Å². The third-order valence-corrected chi connectivity index (χ3v) is 8.70. The van der Waals surface area contributed by atoms with E-state index in [0.29, 0.717) is 13.1 Å². The van der Waals surface area contributed by atoms with Crippen molar-refractivity contribution >= 4 is 11.8 Å². The Bertz CT molecular complexity index is 919. The standard InChI is InChI=1S/C34H48N2O2/c1-3-5-7-9-11-17-23-35-33(37)31-29-25-19-13-15-21-27(25)30(28-22-16-14-20-26(28)29)32(31)34(38)36-24-18-12-10-8-6-4-2/h13-16,19-22,29-32H,3-12,17-18,23-24H2,1-2H3,(H,35,37)(H,36,38). The Balaban J connectivity index is 1.50. The van der Waals surface area contributed by atoms with Gasteiger partial charge in [-0.05, 0) is 35.1 Å². The Hall–Kier alpha value is -2.62. The van der Waals surface area contributed by atoms with Crippen LogP contribution in [-0.4, -0.2) is 24.9 Å². The molecule has 0 saturated heterocycles. The van der Waals surface area contributed by atoms with Gasteiger partial charge in [0.05, 0.1) is 11.8 Å². The Labute approximate surface area is 230 Å². The van der Waals surface area contributed by atoms with Crippen LogP contribution >= 0.6 is 0 Å². The summed E-state index contributed by atoms with van der Waals surface area (Å²) in [6, 6.07) is 17.0. The zero-order valence-electron chi connectivity index (χ0n) is 23.6. The Morgan fingerprint density at radius 1 is 0.526 bits per heavy atom. The normalized spacial score (nSPS) is 21.0. The SMILES string of the molecule is CCCCCCCCNC(=O)C1C2c3ccccc3C(c3ccccc32)C1C(=O)NCCCCCCCC. The third kappa shape index (κ3) is 6.50. The molecule has 206 valence electrons. The van der Waals surface area contributed by atoms with Gasteiger partial charge in [-0.1, -0.05) is 127 Å². The fraction of sp³-hybridized carbons (Fsp3) is 0.588. The predicted octanol–water partition coefficient (Wildman–Crippen LogP) is 7.46. The van der Waals surface area contributed by atoms with Crippen LogP contribution in [0.15, 0.2) is 48.5 Å². The highest BCUT2D eigenvalue weighted by molar-refractivity contribution is 5.92. The lowest BCUT2D eigenvalue weighted by Gasteiger charge is -2.49. The van der Waals surface area contributed by atoms with E-state index in [1.807, 2.05) is 0 Å². The van der Waals surface area contributed by atoms with Crippen molar-refractivity contribution in [1.29, 1.82) is 0 Å². The summed E-state index contributed by atoms with van der Waals surface area (Å²) in [5.74, 6) is -0.845. The van der Waals surface area contributed by atoms with Crippen molar-refractivity contribution in [2.75, 3.05) is 13.1 Å². The van der Waals surface area contributed by atoms with Crippen LogP contribution < -0.4 is 10.6 Å². The average molecular weight is 517 g/mol. The molecule has 0 aliphatic heterocycles. The summed E-state index contributed by atoms with van der Waals surface area (Å²) in [4.78, 5) is 27.7. The van der Waals surface area contributed by atoms with Crippen LogP contribution in [0.2, 0.25) is 0 Å². The van der Waals surface area contributed by atoms with Gasteiger partial charge in [0, 0.05) is 24.9 Å². The van der Waals surface area contributed by atoms with Gasteiger partial charge < -0.3 is 10.6 Å². The number of hydrogen-bond acceptors (Lipinski definition) is 2. The zero-order chi connectivity index (χ0) is 26.7. The lowest BCUT2D eigenvalue weighted by atomic mass is 9.53. The molecule has 4 nitrogen and oxygen atoms in total. The molecule has 2 atom stereocenters. The first-order chi connectivity index (χ1) is 18.7. The maximum atomic E-state index is 13.8. The number of hydrogen-bond donors (Lipinski definition) is 2. The van der Waals surface area contributed by atoms with Crippen LogP contribution in [0.1, 0.15) is 125 Å².